The molecule has 2 heterocycles. The van der Waals surface area contributed by atoms with Gasteiger partial charge in [0.15, 0.2) is 5.82 Å². The highest BCUT2D eigenvalue weighted by atomic mass is 32.1. The Hall–Kier alpha value is -1.88. The minimum absolute atomic E-state index is 0.632. The second-order valence-corrected chi connectivity index (χ2v) is 5.16. The van der Waals surface area contributed by atoms with Gasteiger partial charge in [0.05, 0.1) is 12.1 Å². The SMILES string of the molecule is Cc1cc(C)nc(-c2cccc(C3=NCCO3)c2S)n1. The lowest BCUT2D eigenvalue weighted by molar-refractivity contribution is 0.348. The number of aliphatic imine (C=N–C) groups is 1. The second-order valence-electron chi connectivity index (χ2n) is 4.71. The van der Waals surface area contributed by atoms with Crippen molar-refractivity contribution >= 4 is 18.5 Å². The Morgan fingerprint density at radius 1 is 1.10 bits per heavy atom. The van der Waals surface area contributed by atoms with Gasteiger partial charge >= 0.3 is 0 Å². The molecule has 0 saturated carbocycles. The lowest BCUT2D eigenvalue weighted by Crippen LogP contribution is -2.04. The van der Waals surface area contributed by atoms with Crippen LogP contribution in [0.25, 0.3) is 11.4 Å². The molecule has 5 heteroatoms. The van der Waals surface area contributed by atoms with Crippen molar-refractivity contribution in [2.24, 2.45) is 4.99 Å². The molecule has 0 spiro atoms. The molecule has 0 saturated heterocycles. The summed E-state index contributed by atoms with van der Waals surface area (Å²) < 4.78 is 5.52. The second kappa shape index (κ2) is 5.25. The predicted molar refractivity (Wildman–Crippen MR) is 81.6 cm³/mol. The van der Waals surface area contributed by atoms with Crippen molar-refractivity contribution in [3.05, 3.63) is 41.2 Å². The minimum Gasteiger partial charge on any atom is -0.475 e. The van der Waals surface area contributed by atoms with Crippen LogP contribution in [0.5, 0.6) is 0 Å². The van der Waals surface area contributed by atoms with Gasteiger partial charge in [-0.25, -0.2) is 15.0 Å². The average Bonchev–Trinajstić information content (AvgIpc) is 2.91. The van der Waals surface area contributed by atoms with Crippen LogP contribution in [-0.2, 0) is 4.74 Å². The van der Waals surface area contributed by atoms with E-state index in [9.17, 15) is 0 Å². The van der Waals surface area contributed by atoms with Crippen LogP contribution in [0, 0.1) is 13.8 Å². The van der Waals surface area contributed by atoms with Crippen LogP contribution >= 0.6 is 12.6 Å². The van der Waals surface area contributed by atoms with Gasteiger partial charge in [0.1, 0.15) is 6.61 Å². The Bertz CT molecular complexity index is 677. The van der Waals surface area contributed by atoms with Crippen molar-refractivity contribution in [3.63, 3.8) is 0 Å². The van der Waals surface area contributed by atoms with Crippen molar-refractivity contribution in [1.29, 1.82) is 0 Å². The number of rotatable bonds is 2. The lowest BCUT2D eigenvalue weighted by Gasteiger charge is -2.10. The molecule has 1 aromatic carbocycles. The minimum atomic E-state index is 0.632. The topological polar surface area (TPSA) is 47.4 Å². The molecule has 0 aliphatic carbocycles. The van der Waals surface area contributed by atoms with E-state index in [1.54, 1.807) is 0 Å². The number of nitrogens with zero attached hydrogens (tertiary/aromatic N) is 3. The number of benzene rings is 1. The van der Waals surface area contributed by atoms with Crippen LogP contribution in [-0.4, -0.2) is 29.0 Å². The summed E-state index contributed by atoms with van der Waals surface area (Å²) in [5, 5.41) is 0. The Morgan fingerprint density at radius 3 is 2.45 bits per heavy atom. The van der Waals surface area contributed by atoms with Crippen LogP contribution in [0.15, 0.2) is 34.2 Å². The number of aromatic nitrogens is 2. The van der Waals surface area contributed by atoms with E-state index in [-0.39, 0.29) is 0 Å². The molecule has 0 radical (unpaired) electrons. The third-order valence-corrected chi connectivity index (χ3v) is 3.56. The highest BCUT2D eigenvalue weighted by molar-refractivity contribution is 7.80. The summed E-state index contributed by atoms with van der Waals surface area (Å²) >= 11 is 4.63. The van der Waals surface area contributed by atoms with Gasteiger partial charge in [-0.2, -0.15) is 0 Å². The van der Waals surface area contributed by atoms with Crippen molar-refractivity contribution in [2.45, 2.75) is 18.7 Å². The highest BCUT2D eigenvalue weighted by Gasteiger charge is 2.17. The van der Waals surface area contributed by atoms with E-state index in [1.807, 2.05) is 38.1 Å². The third-order valence-electron chi connectivity index (χ3n) is 3.08. The van der Waals surface area contributed by atoms with E-state index in [2.05, 4.69) is 27.6 Å². The third kappa shape index (κ3) is 2.41. The van der Waals surface area contributed by atoms with Gasteiger partial charge in [0.2, 0.25) is 5.90 Å². The average molecular weight is 285 g/mol. The summed E-state index contributed by atoms with van der Waals surface area (Å²) in [5.74, 6) is 1.34. The Labute approximate surface area is 123 Å². The van der Waals surface area contributed by atoms with Gasteiger partial charge in [-0.15, -0.1) is 12.6 Å². The summed E-state index contributed by atoms with van der Waals surface area (Å²) in [6.07, 6.45) is 0. The van der Waals surface area contributed by atoms with Gasteiger partial charge in [-0.05, 0) is 26.0 Å². The van der Waals surface area contributed by atoms with E-state index in [0.29, 0.717) is 24.9 Å². The molecule has 4 nitrogen and oxygen atoms in total. The molecule has 0 bridgehead atoms. The van der Waals surface area contributed by atoms with Gasteiger partial charge in [0.25, 0.3) is 0 Å². The molecule has 1 aliphatic heterocycles. The molecule has 102 valence electrons. The van der Waals surface area contributed by atoms with Crippen molar-refractivity contribution in [1.82, 2.24) is 9.97 Å². The van der Waals surface area contributed by atoms with E-state index < -0.39 is 0 Å². The summed E-state index contributed by atoms with van der Waals surface area (Å²) in [6, 6.07) is 7.83. The van der Waals surface area contributed by atoms with Gasteiger partial charge in [-0.3, -0.25) is 0 Å². The van der Waals surface area contributed by atoms with Gasteiger partial charge in [-0.1, -0.05) is 12.1 Å². The van der Waals surface area contributed by atoms with Crippen LogP contribution in [0.2, 0.25) is 0 Å². The van der Waals surface area contributed by atoms with Crippen molar-refractivity contribution < 1.29 is 4.74 Å². The molecule has 0 N–H and O–H groups in total. The molecule has 1 aliphatic rings. The molecule has 20 heavy (non-hydrogen) atoms. The Kier molecular flexibility index (Phi) is 3.44. The zero-order chi connectivity index (χ0) is 14.1. The molecular formula is C15H15N3OS. The summed E-state index contributed by atoms with van der Waals surface area (Å²) in [5.41, 5.74) is 3.68. The fraction of sp³-hybridized carbons (Fsp3) is 0.267. The molecule has 3 rings (SSSR count). The maximum absolute atomic E-state index is 5.52. The maximum Gasteiger partial charge on any atom is 0.217 e. The van der Waals surface area contributed by atoms with E-state index >= 15 is 0 Å². The van der Waals surface area contributed by atoms with Crippen molar-refractivity contribution in [2.75, 3.05) is 13.2 Å². The fourth-order valence-corrected chi connectivity index (χ4v) is 2.59. The van der Waals surface area contributed by atoms with Crippen LogP contribution in [0.1, 0.15) is 17.0 Å². The van der Waals surface area contributed by atoms with E-state index in [0.717, 1.165) is 27.4 Å². The van der Waals surface area contributed by atoms with Gasteiger partial charge in [0, 0.05) is 21.8 Å². The molecule has 1 aromatic heterocycles. The Balaban J connectivity index is 2.12. The standard InChI is InChI=1S/C15H15N3OS/c1-9-8-10(2)18-14(17-9)11-4-3-5-12(13(11)20)15-16-6-7-19-15/h3-5,8,20H,6-7H2,1-2H3. The first-order valence-electron chi connectivity index (χ1n) is 6.47. The molecule has 0 atom stereocenters. The summed E-state index contributed by atoms with van der Waals surface area (Å²) in [6.45, 7) is 5.26. The van der Waals surface area contributed by atoms with E-state index in [1.165, 1.54) is 0 Å². The number of hydrogen-bond acceptors (Lipinski definition) is 5. The summed E-state index contributed by atoms with van der Waals surface area (Å²) in [4.78, 5) is 14.1. The molecular weight excluding hydrogens is 270 g/mol. The molecule has 0 fully saturated rings. The van der Waals surface area contributed by atoms with Crippen LogP contribution < -0.4 is 0 Å². The molecule has 0 amide bonds. The largest absolute Gasteiger partial charge is 0.475 e. The molecule has 0 unspecified atom stereocenters. The zero-order valence-corrected chi connectivity index (χ0v) is 12.3. The quantitative estimate of drug-likeness (QED) is 0.863. The van der Waals surface area contributed by atoms with Gasteiger partial charge < -0.3 is 4.74 Å². The van der Waals surface area contributed by atoms with E-state index in [4.69, 9.17) is 4.74 Å². The highest BCUT2D eigenvalue weighted by Crippen LogP contribution is 2.28. The number of thiol groups is 1. The maximum atomic E-state index is 5.52. The lowest BCUT2D eigenvalue weighted by atomic mass is 10.1. The predicted octanol–water partition coefficient (Wildman–Crippen LogP) is 2.83. The monoisotopic (exact) mass is 285 g/mol. The first-order valence-corrected chi connectivity index (χ1v) is 6.92. The molecule has 2 aromatic rings. The van der Waals surface area contributed by atoms with Crippen LogP contribution in [0.3, 0.4) is 0 Å². The first kappa shape index (κ1) is 13.1. The first-order chi connectivity index (χ1) is 9.65. The number of hydrogen-bond donors (Lipinski definition) is 1. The Morgan fingerprint density at radius 2 is 1.80 bits per heavy atom. The summed E-state index contributed by atoms with van der Waals surface area (Å²) in [7, 11) is 0. The number of aryl methyl sites for hydroxylation is 2. The normalized spacial score (nSPS) is 14.1. The zero-order valence-electron chi connectivity index (χ0n) is 11.4. The van der Waals surface area contributed by atoms with Crippen LogP contribution in [0.4, 0.5) is 0 Å². The fourth-order valence-electron chi connectivity index (χ4n) is 2.24. The number of ether oxygens (including phenoxy) is 1. The smallest absolute Gasteiger partial charge is 0.217 e. The van der Waals surface area contributed by atoms with Crippen molar-refractivity contribution in [3.8, 4) is 11.4 Å².